The normalized spacial score (nSPS) is 11.1. The number of benzene rings is 1. The van der Waals surface area contributed by atoms with Crippen LogP contribution in [0.25, 0.3) is 16.9 Å². The predicted octanol–water partition coefficient (Wildman–Crippen LogP) is 3.78. The van der Waals surface area contributed by atoms with Crippen LogP contribution in [0.4, 0.5) is 0 Å². The number of halogens is 1. The van der Waals surface area contributed by atoms with Crippen LogP contribution in [0, 0.1) is 13.8 Å². The summed E-state index contributed by atoms with van der Waals surface area (Å²) in [5.74, 6) is 1.19. The van der Waals surface area contributed by atoms with E-state index >= 15 is 0 Å². The number of aryl methyl sites for hydroxylation is 2. The zero-order valence-electron chi connectivity index (χ0n) is 10.9. The molecule has 0 radical (unpaired) electrons. The van der Waals surface area contributed by atoms with Crippen molar-refractivity contribution in [1.29, 1.82) is 0 Å². The van der Waals surface area contributed by atoms with E-state index in [-0.39, 0.29) is 0 Å². The molecule has 1 aromatic carbocycles. The van der Waals surface area contributed by atoms with Crippen molar-refractivity contribution in [2.75, 3.05) is 0 Å². The average Bonchev–Trinajstić information content (AvgIpc) is 2.77. The minimum atomic E-state index is 0.365. The minimum absolute atomic E-state index is 0.365. The van der Waals surface area contributed by atoms with Crippen LogP contribution in [0.1, 0.15) is 17.0 Å². The maximum atomic E-state index is 6.03. The van der Waals surface area contributed by atoms with Gasteiger partial charge in [0.2, 0.25) is 0 Å². The molecule has 0 unspecified atom stereocenters. The second-order valence-corrected chi connectivity index (χ2v) is 4.90. The van der Waals surface area contributed by atoms with E-state index in [1.165, 1.54) is 11.1 Å². The summed E-state index contributed by atoms with van der Waals surface area (Å²) in [6.45, 7) is 4.18. The number of alkyl halides is 1. The quantitative estimate of drug-likeness (QED) is 0.664. The maximum Gasteiger partial charge on any atom is 0.164 e. The molecule has 3 rings (SSSR count). The van der Waals surface area contributed by atoms with Gasteiger partial charge in [-0.05, 0) is 37.6 Å². The van der Waals surface area contributed by atoms with Crippen LogP contribution >= 0.6 is 11.6 Å². The maximum absolute atomic E-state index is 6.03. The van der Waals surface area contributed by atoms with Crippen molar-refractivity contribution in [2.24, 2.45) is 0 Å². The molecule has 0 saturated heterocycles. The first-order valence-corrected chi connectivity index (χ1v) is 6.70. The second kappa shape index (κ2) is 4.67. The van der Waals surface area contributed by atoms with Crippen LogP contribution < -0.4 is 0 Å². The molecular formula is C15H14ClN3. The topological polar surface area (TPSA) is 30.7 Å². The Balaban J connectivity index is 2.34. The van der Waals surface area contributed by atoms with Crippen LogP contribution in [0.15, 0.2) is 36.5 Å². The van der Waals surface area contributed by atoms with Gasteiger partial charge in [-0.15, -0.1) is 11.6 Å². The number of fused-ring (bicyclic) bond motifs is 1. The summed E-state index contributed by atoms with van der Waals surface area (Å²) in [6.07, 6.45) is 1.78. The van der Waals surface area contributed by atoms with Gasteiger partial charge in [0.15, 0.2) is 5.65 Å². The largest absolute Gasteiger partial charge is 0.279 e. The third kappa shape index (κ3) is 2.00. The highest BCUT2D eigenvalue weighted by Gasteiger charge is 2.13. The number of hydrogen-bond donors (Lipinski definition) is 0. The van der Waals surface area contributed by atoms with Crippen molar-refractivity contribution in [1.82, 2.24) is 14.5 Å². The third-order valence-electron chi connectivity index (χ3n) is 3.20. The lowest BCUT2D eigenvalue weighted by atomic mass is 10.1. The van der Waals surface area contributed by atoms with E-state index in [1.807, 2.05) is 16.7 Å². The van der Waals surface area contributed by atoms with E-state index in [9.17, 15) is 0 Å². The fraction of sp³-hybridized carbons (Fsp3) is 0.200. The molecule has 2 aromatic heterocycles. The summed E-state index contributed by atoms with van der Waals surface area (Å²) in [5, 5.41) is 0. The van der Waals surface area contributed by atoms with Crippen molar-refractivity contribution in [3.8, 4) is 5.69 Å². The fourth-order valence-electron chi connectivity index (χ4n) is 2.36. The number of rotatable bonds is 2. The van der Waals surface area contributed by atoms with Gasteiger partial charge in [-0.1, -0.05) is 17.7 Å². The summed E-state index contributed by atoms with van der Waals surface area (Å²) in [5.41, 5.74) is 5.24. The van der Waals surface area contributed by atoms with Gasteiger partial charge >= 0.3 is 0 Å². The van der Waals surface area contributed by atoms with Crippen LogP contribution in [-0.4, -0.2) is 14.5 Å². The molecule has 0 N–H and O–H groups in total. The molecule has 0 saturated carbocycles. The van der Waals surface area contributed by atoms with Gasteiger partial charge in [-0.3, -0.25) is 4.57 Å². The summed E-state index contributed by atoms with van der Waals surface area (Å²) >= 11 is 6.03. The Morgan fingerprint density at radius 2 is 2.05 bits per heavy atom. The van der Waals surface area contributed by atoms with Gasteiger partial charge in [-0.2, -0.15) is 0 Å². The average molecular weight is 272 g/mol. The first kappa shape index (κ1) is 12.2. The Labute approximate surface area is 116 Å². The molecule has 2 heterocycles. The van der Waals surface area contributed by atoms with E-state index in [2.05, 4.69) is 42.0 Å². The minimum Gasteiger partial charge on any atom is -0.279 e. The lowest BCUT2D eigenvalue weighted by Crippen LogP contribution is -2.02. The molecule has 0 fully saturated rings. The molecule has 3 nitrogen and oxygen atoms in total. The number of pyridine rings is 1. The number of imidazole rings is 1. The first-order chi connectivity index (χ1) is 9.20. The predicted molar refractivity (Wildman–Crippen MR) is 77.9 cm³/mol. The van der Waals surface area contributed by atoms with Crippen LogP contribution in [0.2, 0.25) is 0 Å². The van der Waals surface area contributed by atoms with Gasteiger partial charge in [0, 0.05) is 6.20 Å². The summed E-state index contributed by atoms with van der Waals surface area (Å²) in [7, 11) is 0. The smallest absolute Gasteiger partial charge is 0.164 e. The van der Waals surface area contributed by atoms with Gasteiger partial charge < -0.3 is 0 Å². The Kier molecular flexibility index (Phi) is 2.99. The van der Waals surface area contributed by atoms with Gasteiger partial charge in [0.25, 0.3) is 0 Å². The monoisotopic (exact) mass is 271 g/mol. The summed E-state index contributed by atoms with van der Waals surface area (Å²) in [4.78, 5) is 8.97. The number of hydrogen-bond acceptors (Lipinski definition) is 2. The van der Waals surface area contributed by atoms with Gasteiger partial charge in [-0.25, -0.2) is 9.97 Å². The molecule has 0 aliphatic rings. The standard InChI is InChI=1S/C15H14ClN3/c1-10-5-6-13(11(2)8-10)19-14(9-16)18-12-4-3-7-17-15(12)19/h3-8H,9H2,1-2H3. The molecule has 3 aromatic rings. The Morgan fingerprint density at radius 1 is 1.21 bits per heavy atom. The summed E-state index contributed by atoms with van der Waals surface area (Å²) < 4.78 is 2.04. The van der Waals surface area contributed by atoms with E-state index < -0.39 is 0 Å². The highest BCUT2D eigenvalue weighted by Crippen LogP contribution is 2.23. The Bertz CT molecular complexity index is 746. The summed E-state index contributed by atoms with van der Waals surface area (Å²) in [6, 6.07) is 10.2. The number of aromatic nitrogens is 3. The van der Waals surface area contributed by atoms with Crippen molar-refractivity contribution in [2.45, 2.75) is 19.7 Å². The van der Waals surface area contributed by atoms with E-state index in [4.69, 9.17) is 11.6 Å². The SMILES string of the molecule is Cc1ccc(-n2c(CCl)nc3cccnc32)c(C)c1. The lowest BCUT2D eigenvalue weighted by Gasteiger charge is -2.11. The molecule has 19 heavy (non-hydrogen) atoms. The molecule has 96 valence electrons. The zero-order chi connectivity index (χ0) is 13.4. The van der Waals surface area contributed by atoms with Gasteiger partial charge in [0.05, 0.1) is 11.6 Å². The van der Waals surface area contributed by atoms with Gasteiger partial charge in [0.1, 0.15) is 11.3 Å². The molecule has 0 aliphatic heterocycles. The Hall–Kier alpha value is -1.87. The molecular weight excluding hydrogens is 258 g/mol. The van der Waals surface area contributed by atoms with Crippen molar-refractivity contribution >= 4 is 22.8 Å². The molecule has 0 atom stereocenters. The molecule has 0 aliphatic carbocycles. The highest BCUT2D eigenvalue weighted by atomic mass is 35.5. The van der Waals surface area contributed by atoms with Crippen molar-refractivity contribution in [3.63, 3.8) is 0 Å². The first-order valence-electron chi connectivity index (χ1n) is 6.16. The third-order valence-corrected chi connectivity index (χ3v) is 3.44. The van der Waals surface area contributed by atoms with E-state index in [0.717, 1.165) is 22.7 Å². The Morgan fingerprint density at radius 3 is 2.79 bits per heavy atom. The number of nitrogens with zero attached hydrogens (tertiary/aromatic N) is 3. The van der Waals surface area contributed by atoms with E-state index in [1.54, 1.807) is 6.20 Å². The molecule has 4 heteroatoms. The highest BCUT2D eigenvalue weighted by molar-refractivity contribution is 6.16. The van der Waals surface area contributed by atoms with Crippen LogP contribution in [-0.2, 0) is 5.88 Å². The van der Waals surface area contributed by atoms with E-state index in [0.29, 0.717) is 5.88 Å². The zero-order valence-corrected chi connectivity index (χ0v) is 11.6. The van der Waals surface area contributed by atoms with Crippen LogP contribution in [0.3, 0.4) is 0 Å². The van der Waals surface area contributed by atoms with Crippen LogP contribution in [0.5, 0.6) is 0 Å². The molecule has 0 spiro atoms. The van der Waals surface area contributed by atoms with Crippen molar-refractivity contribution < 1.29 is 0 Å². The van der Waals surface area contributed by atoms with Crippen molar-refractivity contribution in [3.05, 3.63) is 53.5 Å². The molecule has 0 amide bonds. The second-order valence-electron chi connectivity index (χ2n) is 4.63. The fourth-order valence-corrected chi connectivity index (χ4v) is 2.54. The molecule has 0 bridgehead atoms. The lowest BCUT2D eigenvalue weighted by molar-refractivity contribution is 0.959.